The Hall–Kier alpha value is -0.420. The zero-order valence-electron chi connectivity index (χ0n) is 9.01. The van der Waals surface area contributed by atoms with Crippen LogP contribution in [0.5, 0.6) is 0 Å². The summed E-state index contributed by atoms with van der Waals surface area (Å²) in [4.78, 5) is 0.995. The smallest absolute Gasteiger partial charge is 0.128 e. The maximum absolute atomic E-state index is 13.8. The summed E-state index contributed by atoms with van der Waals surface area (Å²) in [6.45, 7) is 0. The lowest BCUT2D eigenvalue weighted by Gasteiger charge is -2.16. The van der Waals surface area contributed by atoms with E-state index in [0.29, 0.717) is 9.90 Å². The Bertz CT molecular complexity index is 529. The highest BCUT2D eigenvalue weighted by atomic mass is 79.9. The van der Waals surface area contributed by atoms with Gasteiger partial charge < -0.3 is 5.32 Å². The molecule has 0 amide bonds. The first-order chi connectivity index (χ1) is 8.11. The zero-order valence-corrected chi connectivity index (χ0v) is 12.2. The molecule has 0 bridgehead atoms. The summed E-state index contributed by atoms with van der Waals surface area (Å²) < 4.78 is 15.4. The van der Waals surface area contributed by atoms with Crippen LogP contribution in [-0.4, -0.2) is 7.05 Å². The normalized spacial score (nSPS) is 12.7. The van der Waals surface area contributed by atoms with Crippen LogP contribution in [-0.2, 0) is 0 Å². The summed E-state index contributed by atoms with van der Waals surface area (Å²) in [5, 5.41) is 3.11. The lowest BCUT2D eigenvalue weighted by atomic mass is 10.1. The Kier molecular flexibility index (Phi) is 4.20. The van der Waals surface area contributed by atoms with Gasteiger partial charge in [0.05, 0.1) is 10.4 Å². The van der Waals surface area contributed by atoms with Gasteiger partial charge in [0.25, 0.3) is 0 Å². The molecule has 1 aromatic heterocycles. The van der Waals surface area contributed by atoms with Gasteiger partial charge in [0.15, 0.2) is 0 Å². The van der Waals surface area contributed by atoms with Crippen LogP contribution in [0.3, 0.4) is 0 Å². The van der Waals surface area contributed by atoms with Crippen molar-refractivity contribution < 1.29 is 4.39 Å². The first-order valence-corrected chi connectivity index (χ1v) is 6.98. The van der Waals surface area contributed by atoms with E-state index in [9.17, 15) is 4.39 Å². The van der Waals surface area contributed by atoms with E-state index in [4.69, 9.17) is 11.6 Å². The quantitative estimate of drug-likeness (QED) is 0.864. The fraction of sp³-hybridized carbons (Fsp3) is 0.167. The summed E-state index contributed by atoms with van der Waals surface area (Å²) in [7, 11) is 1.80. The molecule has 0 fully saturated rings. The predicted molar refractivity (Wildman–Crippen MR) is 74.3 cm³/mol. The number of halogens is 3. The van der Waals surface area contributed by atoms with E-state index in [-0.39, 0.29) is 11.9 Å². The number of rotatable bonds is 3. The Morgan fingerprint density at radius 1 is 1.35 bits per heavy atom. The maximum Gasteiger partial charge on any atom is 0.128 e. The molecule has 1 heterocycles. The Morgan fingerprint density at radius 3 is 2.71 bits per heavy atom. The van der Waals surface area contributed by atoms with Crippen molar-refractivity contribution >= 4 is 38.9 Å². The van der Waals surface area contributed by atoms with Crippen LogP contribution in [0.4, 0.5) is 4.39 Å². The van der Waals surface area contributed by atoms with E-state index in [0.717, 1.165) is 9.35 Å². The number of hydrogen-bond donors (Lipinski definition) is 1. The molecule has 1 unspecified atom stereocenters. The van der Waals surface area contributed by atoms with Gasteiger partial charge in [-0.2, -0.15) is 0 Å². The van der Waals surface area contributed by atoms with Crippen LogP contribution in [0, 0.1) is 5.82 Å². The number of thiophene rings is 1. The molecular formula is C12H10BrClFNS. The van der Waals surface area contributed by atoms with Gasteiger partial charge in [0.1, 0.15) is 5.82 Å². The van der Waals surface area contributed by atoms with Crippen LogP contribution < -0.4 is 5.32 Å². The minimum absolute atomic E-state index is 0.176. The van der Waals surface area contributed by atoms with Crippen LogP contribution in [0.15, 0.2) is 34.8 Å². The van der Waals surface area contributed by atoms with Crippen LogP contribution in [0.25, 0.3) is 0 Å². The molecule has 0 spiro atoms. The van der Waals surface area contributed by atoms with Crippen molar-refractivity contribution in [1.82, 2.24) is 5.32 Å². The van der Waals surface area contributed by atoms with Crippen LogP contribution in [0.1, 0.15) is 16.5 Å². The highest BCUT2D eigenvalue weighted by molar-refractivity contribution is 9.10. The Morgan fingerprint density at radius 2 is 2.12 bits per heavy atom. The molecule has 5 heteroatoms. The van der Waals surface area contributed by atoms with E-state index < -0.39 is 0 Å². The first kappa shape index (κ1) is 13.0. The summed E-state index contributed by atoms with van der Waals surface area (Å²) >= 11 is 10.7. The molecule has 0 aliphatic carbocycles. The molecule has 0 aliphatic rings. The highest BCUT2D eigenvalue weighted by Gasteiger charge is 2.18. The summed E-state index contributed by atoms with van der Waals surface area (Å²) in [5.74, 6) is -0.225. The van der Waals surface area contributed by atoms with Crippen molar-refractivity contribution in [3.63, 3.8) is 0 Å². The van der Waals surface area contributed by atoms with E-state index in [1.165, 1.54) is 17.4 Å². The van der Waals surface area contributed by atoms with E-state index in [1.54, 1.807) is 19.2 Å². The van der Waals surface area contributed by atoms with Crippen LogP contribution >= 0.6 is 38.9 Å². The fourth-order valence-electron chi connectivity index (χ4n) is 1.67. The second-order valence-corrected chi connectivity index (χ2v) is 6.19. The Labute approximate surface area is 117 Å². The second-order valence-electron chi connectivity index (χ2n) is 3.53. The monoisotopic (exact) mass is 333 g/mol. The lowest BCUT2D eigenvalue weighted by Crippen LogP contribution is -2.17. The van der Waals surface area contributed by atoms with Crippen LogP contribution in [0.2, 0.25) is 4.34 Å². The van der Waals surface area contributed by atoms with Gasteiger partial charge in [-0.25, -0.2) is 4.39 Å². The van der Waals surface area contributed by atoms with Gasteiger partial charge in [0, 0.05) is 14.9 Å². The van der Waals surface area contributed by atoms with Gasteiger partial charge in [-0.15, -0.1) is 11.3 Å². The average molecular weight is 335 g/mol. The van der Waals surface area contributed by atoms with Crippen molar-refractivity contribution in [2.24, 2.45) is 0 Å². The second kappa shape index (κ2) is 5.48. The molecule has 1 nitrogen and oxygen atoms in total. The molecule has 2 aromatic rings. The topological polar surface area (TPSA) is 12.0 Å². The van der Waals surface area contributed by atoms with E-state index in [1.807, 2.05) is 12.1 Å². The molecule has 90 valence electrons. The molecule has 1 atom stereocenters. The molecular weight excluding hydrogens is 325 g/mol. The SMILES string of the molecule is CNC(c1ccc(Cl)s1)c1cc(Br)ccc1F. The van der Waals surface area contributed by atoms with Crippen molar-refractivity contribution in [3.8, 4) is 0 Å². The fourth-order valence-corrected chi connectivity index (χ4v) is 3.24. The summed E-state index contributed by atoms with van der Waals surface area (Å²) in [6, 6.07) is 8.48. The summed E-state index contributed by atoms with van der Waals surface area (Å²) in [6.07, 6.45) is 0. The standard InChI is InChI=1S/C12H10BrClFNS/c1-16-12(10-4-5-11(14)17-10)8-6-7(13)2-3-9(8)15/h2-6,12,16H,1H3. The van der Waals surface area contributed by atoms with E-state index in [2.05, 4.69) is 21.2 Å². The molecule has 0 aliphatic heterocycles. The first-order valence-electron chi connectivity index (χ1n) is 4.99. The lowest BCUT2D eigenvalue weighted by molar-refractivity contribution is 0.579. The third kappa shape index (κ3) is 2.88. The van der Waals surface area contributed by atoms with Gasteiger partial charge in [-0.1, -0.05) is 27.5 Å². The molecule has 2 rings (SSSR count). The summed E-state index contributed by atoms with van der Waals surface area (Å²) in [5.41, 5.74) is 0.611. The van der Waals surface area contributed by atoms with Crippen molar-refractivity contribution in [1.29, 1.82) is 0 Å². The molecule has 0 saturated heterocycles. The maximum atomic E-state index is 13.8. The minimum Gasteiger partial charge on any atom is -0.309 e. The molecule has 0 radical (unpaired) electrons. The number of hydrogen-bond acceptors (Lipinski definition) is 2. The van der Waals surface area contributed by atoms with Crippen molar-refractivity contribution in [3.05, 3.63) is 55.4 Å². The molecule has 0 saturated carbocycles. The molecule has 1 aromatic carbocycles. The molecule has 17 heavy (non-hydrogen) atoms. The zero-order chi connectivity index (χ0) is 12.4. The minimum atomic E-state index is -0.225. The molecule has 1 N–H and O–H groups in total. The van der Waals surface area contributed by atoms with E-state index >= 15 is 0 Å². The highest BCUT2D eigenvalue weighted by Crippen LogP contribution is 2.32. The predicted octanol–water partition coefficient (Wildman–Crippen LogP) is 4.61. The van der Waals surface area contributed by atoms with Gasteiger partial charge in [-0.05, 0) is 37.4 Å². The van der Waals surface area contributed by atoms with Gasteiger partial charge in [0.2, 0.25) is 0 Å². The van der Waals surface area contributed by atoms with Crippen molar-refractivity contribution in [2.75, 3.05) is 7.05 Å². The van der Waals surface area contributed by atoms with Gasteiger partial charge in [-0.3, -0.25) is 0 Å². The third-order valence-corrected chi connectivity index (χ3v) is 4.23. The number of nitrogens with one attached hydrogen (secondary N) is 1. The largest absolute Gasteiger partial charge is 0.309 e. The van der Waals surface area contributed by atoms with Crippen molar-refractivity contribution in [2.45, 2.75) is 6.04 Å². The third-order valence-electron chi connectivity index (χ3n) is 2.44. The number of benzene rings is 1. The Balaban J connectivity index is 2.45. The van der Waals surface area contributed by atoms with Gasteiger partial charge >= 0.3 is 0 Å². The average Bonchev–Trinajstić information content (AvgIpc) is 2.71.